The van der Waals surface area contributed by atoms with E-state index in [1.807, 2.05) is 6.07 Å². The van der Waals surface area contributed by atoms with Crippen molar-refractivity contribution < 1.29 is 9.59 Å². The number of Topliss-reactive ketones (excluding diaryl/α,β-unsaturated/α-hetero) is 1. The van der Waals surface area contributed by atoms with Crippen molar-refractivity contribution in [3.63, 3.8) is 0 Å². The molecule has 88 valence electrons. The zero-order valence-corrected chi connectivity index (χ0v) is 9.74. The Bertz CT molecular complexity index is 493. The van der Waals surface area contributed by atoms with Crippen molar-refractivity contribution >= 4 is 17.4 Å². The average molecular weight is 229 g/mol. The van der Waals surface area contributed by atoms with E-state index in [9.17, 15) is 9.59 Å². The Kier molecular flexibility index (Phi) is 2.46. The first kappa shape index (κ1) is 10.5. The molecule has 0 aromatic heterocycles. The van der Waals surface area contributed by atoms with Crippen LogP contribution in [0.3, 0.4) is 0 Å². The van der Waals surface area contributed by atoms with Gasteiger partial charge in [0.15, 0.2) is 0 Å². The summed E-state index contributed by atoms with van der Waals surface area (Å²) >= 11 is 0. The number of anilines is 1. The van der Waals surface area contributed by atoms with Crippen LogP contribution in [0.1, 0.15) is 30.4 Å². The molecule has 3 nitrogen and oxygen atoms in total. The molecule has 0 N–H and O–H groups in total. The molecule has 0 saturated carbocycles. The number of aryl methyl sites for hydroxylation is 2. The Balaban J connectivity index is 1.89. The van der Waals surface area contributed by atoms with Crippen LogP contribution in [0.4, 0.5) is 5.69 Å². The molecule has 3 heteroatoms. The molecule has 2 aliphatic rings. The van der Waals surface area contributed by atoms with Crippen LogP contribution in [-0.4, -0.2) is 18.2 Å². The highest BCUT2D eigenvalue weighted by molar-refractivity contribution is 6.08. The molecule has 1 aliphatic carbocycles. The summed E-state index contributed by atoms with van der Waals surface area (Å²) in [6, 6.07) is 6.26. The Morgan fingerprint density at radius 2 is 1.82 bits per heavy atom. The van der Waals surface area contributed by atoms with Crippen LogP contribution in [0.2, 0.25) is 0 Å². The topological polar surface area (TPSA) is 37.4 Å². The van der Waals surface area contributed by atoms with Crippen molar-refractivity contribution in [2.75, 3.05) is 11.4 Å². The van der Waals surface area contributed by atoms with Crippen molar-refractivity contribution in [1.29, 1.82) is 0 Å². The molecule has 1 aromatic carbocycles. The van der Waals surface area contributed by atoms with E-state index < -0.39 is 0 Å². The van der Waals surface area contributed by atoms with E-state index in [-0.39, 0.29) is 18.1 Å². The molecule has 1 amide bonds. The molecule has 1 aromatic rings. The SMILES string of the molecule is O=C1CCN(c2ccc3c(c2)CCC3)C(=O)C1. The van der Waals surface area contributed by atoms with E-state index in [0.29, 0.717) is 13.0 Å². The third-order valence-electron chi connectivity index (χ3n) is 3.66. The fraction of sp³-hybridized carbons (Fsp3) is 0.429. The number of hydrogen-bond acceptors (Lipinski definition) is 2. The molecule has 1 fully saturated rings. The molecule has 0 bridgehead atoms. The lowest BCUT2D eigenvalue weighted by atomic mass is 10.1. The number of hydrogen-bond donors (Lipinski definition) is 0. The van der Waals surface area contributed by atoms with E-state index in [1.54, 1.807) is 4.90 Å². The zero-order chi connectivity index (χ0) is 11.8. The summed E-state index contributed by atoms with van der Waals surface area (Å²) in [5.41, 5.74) is 3.74. The summed E-state index contributed by atoms with van der Waals surface area (Å²) in [5.74, 6) is 0.00612. The highest BCUT2D eigenvalue weighted by atomic mass is 16.2. The number of piperidine rings is 1. The number of ketones is 1. The van der Waals surface area contributed by atoms with Gasteiger partial charge in [0.05, 0.1) is 6.42 Å². The highest BCUT2D eigenvalue weighted by Gasteiger charge is 2.25. The zero-order valence-electron chi connectivity index (χ0n) is 9.74. The van der Waals surface area contributed by atoms with Crippen LogP contribution >= 0.6 is 0 Å². The largest absolute Gasteiger partial charge is 0.312 e. The number of carbonyl (C=O) groups excluding carboxylic acids is 2. The van der Waals surface area contributed by atoms with Gasteiger partial charge in [-0.05, 0) is 42.5 Å². The van der Waals surface area contributed by atoms with Crippen molar-refractivity contribution in [1.82, 2.24) is 0 Å². The van der Waals surface area contributed by atoms with Crippen LogP contribution in [0.5, 0.6) is 0 Å². The predicted octanol–water partition coefficient (Wildman–Crippen LogP) is 1.87. The predicted molar refractivity (Wildman–Crippen MR) is 65.1 cm³/mol. The van der Waals surface area contributed by atoms with Gasteiger partial charge in [0.2, 0.25) is 5.91 Å². The lowest BCUT2D eigenvalue weighted by Crippen LogP contribution is -2.39. The average Bonchev–Trinajstić information content (AvgIpc) is 2.75. The molecule has 3 rings (SSSR count). The van der Waals surface area contributed by atoms with E-state index in [1.165, 1.54) is 17.5 Å². The quantitative estimate of drug-likeness (QED) is 0.689. The maximum Gasteiger partial charge on any atom is 0.234 e. The van der Waals surface area contributed by atoms with Gasteiger partial charge in [0.1, 0.15) is 5.78 Å². The Morgan fingerprint density at radius 3 is 2.65 bits per heavy atom. The lowest BCUT2D eigenvalue weighted by molar-refractivity contribution is -0.128. The van der Waals surface area contributed by atoms with Gasteiger partial charge >= 0.3 is 0 Å². The van der Waals surface area contributed by atoms with Crippen molar-refractivity contribution in [3.05, 3.63) is 29.3 Å². The first-order chi connectivity index (χ1) is 8.24. The maximum absolute atomic E-state index is 11.8. The molecule has 0 radical (unpaired) electrons. The first-order valence-electron chi connectivity index (χ1n) is 6.18. The summed E-state index contributed by atoms with van der Waals surface area (Å²) in [6.07, 6.45) is 4.04. The molecule has 1 aliphatic heterocycles. The third kappa shape index (κ3) is 1.86. The fourth-order valence-corrected chi connectivity index (χ4v) is 2.71. The molecular weight excluding hydrogens is 214 g/mol. The second-order valence-electron chi connectivity index (χ2n) is 4.82. The van der Waals surface area contributed by atoms with Crippen LogP contribution in [0.25, 0.3) is 0 Å². The minimum Gasteiger partial charge on any atom is -0.312 e. The summed E-state index contributed by atoms with van der Waals surface area (Å²) in [4.78, 5) is 24.8. The number of nitrogens with zero attached hydrogens (tertiary/aromatic N) is 1. The summed E-state index contributed by atoms with van der Waals surface area (Å²) < 4.78 is 0. The van der Waals surface area contributed by atoms with Crippen LogP contribution < -0.4 is 4.90 Å². The molecule has 0 atom stereocenters. The van der Waals surface area contributed by atoms with Gasteiger partial charge in [0.25, 0.3) is 0 Å². The van der Waals surface area contributed by atoms with Crippen LogP contribution in [0.15, 0.2) is 18.2 Å². The number of fused-ring (bicyclic) bond motifs is 1. The Hall–Kier alpha value is -1.64. The van der Waals surface area contributed by atoms with Gasteiger partial charge in [-0.1, -0.05) is 6.07 Å². The van der Waals surface area contributed by atoms with E-state index in [4.69, 9.17) is 0 Å². The Labute approximate surface area is 100 Å². The molecular formula is C14H15NO2. The van der Waals surface area contributed by atoms with Gasteiger partial charge in [-0.15, -0.1) is 0 Å². The van der Waals surface area contributed by atoms with Crippen molar-refractivity contribution in [2.24, 2.45) is 0 Å². The highest BCUT2D eigenvalue weighted by Crippen LogP contribution is 2.28. The molecule has 0 spiro atoms. The Morgan fingerprint density at radius 1 is 1.00 bits per heavy atom. The second kappa shape index (κ2) is 3.99. The molecule has 0 unspecified atom stereocenters. The molecule has 1 heterocycles. The maximum atomic E-state index is 11.8. The van der Waals surface area contributed by atoms with Gasteiger partial charge in [0, 0.05) is 18.7 Å². The summed E-state index contributed by atoms with van der Waals surface area (Å²) in [6.45, 7) is 0.538. The monoisotopic (exact) mass is 229 g/mol. The van der Waals surface area contributed by atoms with E-state index in [0.717, 1.165) is 18.5 Å². The molecule has 1 saturated heterocycles. The minimum absolute atomic E-state index is 0.0563. The lowest BCUT2D eigenvalue weighted by Gasteiger charge is -2.26. The standard InChI is InChI=1S/C14H15NO2/c16-13-6-7-15(14(17)9-13)12-5-4-10-2-1-3-11(10)8-12/h4-5,8H,1-3,6-7,9H2. The van der Waals surface area contributed by atoms with Gasteiger partial charge in [-0.3, -0.25) is 9.59 Å². The number of benzene rings is 1. The number of carbonyl (C=O) groups is 2. The van der Waals surface area contributed by atoms with E-state index in [2.05, 4.69) is 12.1 Å². The first-order valence-corrected chi connectivity index (χ1v) is 6.18. The van der Waals surface area contributed by atoms with Gasteiger partial charge in [-0.2, -0.15) is 0 Å². The van der Waals surface area contributed by atoms with Gasteiger partial charge in [-0.25, -0.2) is 0 Å². The number of rotatable bonds is 1. The van der Waals surface area contributed by atoms with Gasteiger partial charge < -0.3 is 4.90 Å². The normalized spacial score (nSPS) is 19.6. The van der Waals surface area contributed by atoms with Crippen molar-refractivity contribution in [3.8, 4) is 0 Å². The minimum atomic E-state index is -0.0563. The summed E-state index contributed by atoms with van der Waals surface area (Å²) in [5, 5.41) is 0. The summed E-state index contributed by atoms with van der Waals surface area (Å²) in [7, 11) is 0. The fourth-order valence-electron chi connectivity index (χ4n) is 2.71. The third-order valence-corrected chi connectivity index (χ3v) is 3.66. The van der Waals surface area contributed by atoms with Crippen molar-refractivity contribution in [2.45, 2.75) is 32.1 Å². The van der Waals surface area contributed by atoms with Crippen LogP contribution in [-0.2, 0) is 22.4 Å². The van der Waals surface area contributed by atoms with E-state index >= 15 is 0 Å². The van der Waals surface area contributed by atoms with Crippen LogP contribution in [0, 0.1) is 0 Å². The number of amides is 1. The second-order valence-corrected chi connectivity index (χ2v) is 4.82. The smallest absolute Gasteiger partial charge is 0.234 e. The molecule has 17 heavy (non-hydrogen) atoms.